The highest BCUT2D eigenvalue weighted by Crippen LogP contribution is 2.24. The standard InChI is InChI=1S/C14H23NO2/c16-13-9-7-12(8-10-13)15-14(17)11-5-3-1-2-4-6-11/h11-12H,1-10H2,(H,15,17). The van der Waals surface area contributed by atoms with Gasteiger partial charge in [-0.05, 0) is 25.7 Å². The molecule has 0 aromatic rings. The molecule has 2 aliphatic carbocycles. The first-order valence-corrected chi connectivity index (χ1v) is 7.08. The van der Waals surface area contributed by atoms with Crippen molar-refractivity contribution in [3.63, 3.8) is 0 Å². The summed E-state index contributed by atoms with van der Waals surface area (Å²) in [5, 5.41) is 3.15. The molecule has 0 atom stereocenters. The monoisotopic (exact) mass is 237 g/mol. The molecule has 1 N–H and O–H groups in total. The zero-order valence-corrected chi connectivity index (χ0v) is 10.5. The van der Waals surface area contributed by atoms with E-state index in [1.807, 2.05) is 0 Å². The largest absolute Gasteiger partial charge is 0.353 e. The molecule has 0 aliphatic heterocycles. The number of carbonyl (C=O) groups excluding carboxylic acids is 2. The fraction of sp³-hybridized carbons (Fsp3) is 0.857. The maximum Gasteiger partial charge on any atom is 0.223 e. The molecule has 2 fully saturated rings. The summed E-state index contributed by atoms with van der Waals surface area (Å²) in [5.74, 6) is 0.825. The van der Waals surface area contributed by atoms with Gasteiger partial charge in [0.1, 0.15) is 5.78 Å². The van der Waals surface area contributed by atoms with Crippen molar-refractivity contribution < 1.29 is 9.59 Å². The summed E-state index contributed by atoms with van der Waals surface area (Å²) in [7, 11) is 0. The van der Waals surface area contributed by atoms with Crippen molar-refractivity contribution in [2.24, 2.45) is 5.92 Å². The van der Waals surface area contributed by atoms with Crippen molar-refractivity contribution in [3.05, 3.63) is 0 Å². The molecule has 17 heavy (non-hydrogen) atoms. The zero-order valence-electron chi connectivity index (χ0n) is 10.5. The van der Waals surface area contributed by atoms with Crippen molar-refractivity contribution in [2.75, 3.05) is 0 Å². The molecule has 0 bridgehead atoms. The summed E-state index contributed by atoms with van der Waals surface area (Å²) in [6.07, 6.45) is 10.0. The van der Waals surface area contributed by atoms with E-state index in [1.165, 1.54) is 25.7 Å². The van der Waals surface area contributed by atoms with Crippen LogP contribution in [0.25, 0.3) is 0 Å². The number of ketones is 1. The molecule has 2 rings (SSSR count). The molecule has 2 saturated carbocycles. The van der Waals surface area contributed by atoms with Gasteiger partial charge in [-0.3, -0.25) is 9.59 Å². The number of amides is 1. The minimum atomic E-state index is 0.232. The van der Waals surface area contributed by atoms with Crippen molar-refractivity contribution in [1.82, 2.24) is 5.32 Å². The third-order valence-corrected chi connectivity index (χ3v) is 4.12. The molecule has 0 radical (unpaired) electrons. The van der Waals surface area contributed by atoms with Gasteiger partial charge in [0.2, 0.25) is 5.91 Å². The predicted octanol–water partition coefficient (Wildman–Crippen LogP) is 2.58. The number of rotatable bonds is 2. The molecular formula is C14H23NO2. The van der Waals surface area contributed by atoms with Crippen LogP contribution in [0.1, 0.15) is 64.2 Å². The van der Waals surface area contributed by atoms with Gasteiger partial charge >= 0.3 is 0 Å². The zero-order chi connectivity index (χ0) is 12.1. The summed E-state index contributed by atoms with van der Waals surface area (Å²) >= 11 is 0. The average Bonchev–Trinajstić information content (AvgIpc) is 2.61. The van der Waals surface area contributed by atoms with Crippen LogP contribution in [0.2, 0.25) is 0 Å². The lowest BCUT2D eigenvalue weighted by molar-refractivity contribution is -0.127. The van der Waals surface area contributed by atoms with Crippen LogP contribution in [0.15, 0.2) is 0 Å². The Hall–Kier alpha value is -0.860. The van der Waals surface area contributed by atoms with E-state index in [9.17, 15) is 9.59 Å². The first-order chi connectivity index (χ1) is 8.25. The van der Waals surface area contributed by atoms with Gasteiger partial charge in [0.05, 0.1) is 0 Å². The molecule has 3 nitrogen and oxygen atoms in total. The van der Waals surface area contributed by atoms with Gasteiger partial charge in [0, 0.05) is 24.8 Å². The fourth-order valence-corrected chi connectivity index (χ4v) is 2.94. The van der Waals surface area contributed by atoms with Gasteiger partial charge in [-0.15, -0.1) is 0 Å². The van der Waals surface area contributed by atoms with E-state index in [0.29, 0.717) is 18.6 Å². The van der Waals surface area contributed by atoms with E-state index in [4.69, 9.17) is 0 Å². The first-order valence-electron chi connectivity index (χ1n) is 7.08. The molecule has 96 valence electrons. The summed E-state index contributed by atoms with van der Waals surface area (Å²) in [5.41, 5.74) is 0. The highest BCUT2D eigenvalue weighted by atomic mass is 16.2. The third-order valence-electron chi connectivity index (χ3n) is 4.12. The SMILES string of the molecule is O=C1CCC(NC(=O)C2CCCCCC2)CC1. The van der Waals surface area contributed by atoms with Gasteiger partial charge in [0.15, 0.2) is 0 Å². The van der Waals surface area contributed by atoms with Gasteiger partial charge in [0.25, 0.3) is 0 Å². The molecule has 0 aromatic heterocycles. The van der Waals surface area contributed by atoms with Crippen molar-refractivity contribution in [2.45, 2.75) is 70.3 Å². The molecule has 1 amide bonds. The Bertz CT molecular complexity index is 270. The first kappa shape index (κ1) is 12.6. The van der Waals surface area contributed by atoms with E-state index in [2.05, 4.69) is 5.32 Å². The summed E-state index contributed by atoms with van der Waals surface area (Å²) in [6, 6.07) is 0.253. The lowest BCUT2D eigenvalue weighted by atomic mass is 9.93. The Morgan fingerprint density at radius 2 is 1.53 bits per heavy atom. The average molecular weight is 237 g/mol. The van der Waals surface area contributed by atoms with Gasteiger partial charge in [-0.2, -0.15) is 0 Å². The number of hydrogen-bond donors (Lipinski definition) is 1. The van der Waals surface area contributed by atoms with Crippen LogP contribution >= 0.6 is 0 Å². The maximum atomic E-state index is 12.1. The van der Waals surface area contributed by atoms with Crippen molar-refractivity contribution in [3.8, 4) is 0 Å². The molecular weight excluding hydrogens is 214 g/mol. The van der Waals surface area contributed by atoms with Gasteiger partial charge < -0.3 is 5.32 Å². The molecule has 0 heterocycles. The lowest BCUT2D eigenvalue weighted by Gasteiger charge is -2.24. The maximum absolute atomic E-state index is 12.1. The van der Waals surface area contributed by atoms with E-state index >= 15 is 0 Å². The second-order valence-corrected chi connectivity index (χ2v) is 5.51. The lowest BCUT2D eigenvalue weighted by Crippen LogP contribution is -2.41. The van der Waals surface area contributed by atoms with Crippen LogP contribution in [0.5, 0.6) is 0 Å². The summed E-state index contributed by atoms with van der Waals surface area (Å²) < 4.78 is 0. The van der Waals surface area contributed by atoms with Crippen LogP contribution in [0, 0.1) is 5.92 Å². The number of Topliss-reactive ketones (excluding diaryl/α,β-unsaturated/α-hetero) is 1. The minimum absolute atomic E-state index is 0.232. The molecule has 0 unspecified atom stereocenters. The minimum Gasteiger partial charge on any atom is -0.353 e. The highest BCUT2D eigenvalue weighted by molar-refractivity contribution is 5.81. The molecule has 0 aromatic carbocycles. The molecule has 0 spiro atoms. The Balaban J connectivity index is 1.77. The van der Waals surface area contributed by atoms with Crippen LogP contribution < -0.4 is 5.32 Å². The van der Waals surface area contributed by atoms with E-state index in [0.717, 1.165) is 25.7 Å². The number of nitrogens with one attached hydrogen (secondary N) is 1. The predicted molar refractivity (Wildman–Crippen MR) is 66.6 cm³/mol. The number of carbonyl (C=O) groups is 2. The van der Waals surface area contributed by atoms with Crippen LogP contribution in [-0.4, -0.2) is 17.7 Å². The van der Waals surface area contributed by atoms with Crippen LogP contribution in [0.3, 0.4) is 0 Å². The van der Waals surface area contributed by atoms with Crippen LogP contribution in [0.4, 0.5) is 0 Å². The van der Waals surface area contributed by atoms with E-state index in [1.54, 1.807) is 0 Å². The van der Waals surface area contributed by atoms with Gasteiger partial charge in [-0.25, -0.2) is 0 Å². The number of hydrogen-bond acceptors (Lipinski definition) is 2. The third kappa shape index (κ3) is 3.83. The van der Waals surface area contributed by atoms with Gasteiger partial charge in [-0.1, -0.05) is 25.7 Å². The van der Waals surface area contributed by atoms with Crippen molar-refractivity contribution in [1.29, 1.82) is 0 Å². The van der Waals surface area contributed by atoms with E-state index in [-0.39, 0.29) is 17.9 Å². The summed E-state index contributed by atoms with van der Waals surface area (Å²) in [6.45, 7) is 0. The second-order valence-electron chi connectivity index (χ2n) is 5.51. The Labute approximate surface area is 103 Å². The normalized spacial score (nSPS) is 24.4. The topological polar surface area (TPSA) is 46.2 Å². The Morgan fingerprint density at radius 1 is 0.941 bits per heavy atom. The second kappa shape index (κ2) is 6.18. The Kier molecular flexibility index (Phi) is 4.57. The quantitative estimate of drug-likeness (QED) is 0.750. The van der Waals surface area contributed by atoms with Crippen molar-refractivity contribution >= 4 is 11.7 Å². The summed E-state index contributed by atoms with van der Waals surface area (Å²) in [4.78, 5) is 23.2. The molecule has 3 heteroatoms. The molecule has 2 aliphatic rings. The molecule has 0 saturated heterocycles. The Morgan fingerprint density at radius 3 is 2.12 bits per heavy atom. The fourth-order valence-electron chi connectivity index (χ4n) is 2.94. The highest BCUT2D eigenvalue weighted by Gasteiger charge is 2.24. The smallest absolute Gasteiger partial charge is 0.223 e. The van der Waals surface area contributed by atoms with E-state index < -0.39 is 0 Å². The van der Waals surface area contributed by atoms with Crippen LogP contribution in [-0.2, 0) is 9.59 Å².